The lowest BCUT2D eigenvalue weighted by atomic mass is 9.92. The van der Waals surface area contributed by atoms with Crippen LogP contribution in [0.3, 0.4) is 0 Å². The highest BCUT2D eigenvalue weighted by molar-refractivity contribution is 7.17. The third-order valence-corrected chi connectivity index (χ3v) is 5.56. The molecule has 0 fully saturated rings. The number of hydrogen-bond acceptors (Lipinski definition) is 6. The second kappa shape index (κ2) is 6.84. The van der Waals surface area contributed by atoms with E-state index in [2.05, 4.69) is 10.3 Å². The summed E-state index contributed by atoms with van der Waals surface area (Å²) in [6.45, 7) is 5.39. The molecule has 0 saturated heterocycles. The Bertz CT molecular complexity index is 818. The predicted octanol–water partition coefficient (Wildman–Crippen LogP) is 4.17. The molecular weight excluding hydrogens is 338 g/mol. The minimum absolute atomic E-state index is 0.0115. The van der Waals surface area contributed by atoms with Gasteiger partial charge in [0.1, 0.15) is 0 Å². The molecule has 1 aliphatic rings. The van der Waals surface area contributed by atoms with E-state index in [1.807, 2.05) is 38.1 Å². The number of ether oxygens (including phenoxy) is 1. The van der Waals surface area contributed by atoms with Crippen molar-refractivity contribution in [1.29, 1.82) is 0 Å². The van der Waals surface area contributed by atoms with Gasteiger partial charge in [-0.3, -0.25) is 9.69 Å². The highest BCUT2D eigenvalue weighted by Crippen LogP contribution is 2.39. The van der Waals surface area contributed by atoms with Crippen LogP contribution in [0.1, 0.15) is 47.2 Å². The maximum atomic E-state index is 12.2. The lowest BCUT2D eigenvalue weighted by molar-refractivity contribution is 0.102. The average molecular weight is 359 g/mol. The Labute approximate surface area is 150 Å². The van der Waals surface area contributed by atoms with E-state index in [1.54, 1.807) is 11.8 Å². The first-order chi connectivity index (χ1) is 11.9. The quantitative estimate of drug-likeness (QED) is 0.833. The smallest absolute Gasteiger partial charge is 0.414 e. The number of fused-ring (bicyclic) bond motifs is 1. The summed E-state index contributed by atoms with van der Waals surface area (Å²) in [6.07, 6.45) is 0.363. The largest absolute Gasteiger partial charge is 0.452 e. The highest BCUT2D eigenvalue weighted by atomic mass is 32.1. The maximum Gasteiger partial charge on any atom is 0.414 e. The van der Waals surface area contributed by atoms with E-state index in [0.29, 0.717) is 4.88 Å². The summed E-state index contributed by atoms with van der Waals surface area (Å²) in [5.41, 5.74) is 2.60. The van der Waals surface area contributed by atoms with E-state index >= 15 is 0 Å². The number of hydrogen-bond donors (Lipinski definition) is 1. The van der Waals surface area contributed by atoms with Gasteiger partial charge in [-0.15, -0.1) is 0 Å². The summed E-state index contributed by atoms with van der Waals surface area (Å²) < 4.78 is 4.93. The number of Topliss-reactive ketones (excluding diaryl/α,β-unsaturated/α-hetero) is 1. The normalized spacial score (nSPS) is 19.3. The van der Waals surface area contributed by atoms with E-state index in [-0.39, 0.29) is 24.0 Å². The molecule has 0 saturated carbocycles. The van der Waals surface area contributed by atoms with Gasteiger partial charge in [0.2, 0.25) is 0 Å². The fourth-order valence-corrected chi connectivity index (χ4v) is 4.17. The molecule has 3 rings (SSSR count). The first kappa shape index (κ1) is 17.4. The lowest BCUT2D eigenvalue weighted by Crippen LogP contribution is -2.44. The van der Waals surface area contributed by atoms with E-state index in [9.17, 15) is 9.59 Å². The third kappa shape index (κ3) is 3.24. The third-order valence-electron chi connectivity index (χ3n) is 4.37. The molecule has 25 heavy (non-hydrogen) atoms. The van der Waals surface area contributed by atoms with Crippen LogP contribution in [0.5, 0.6) is 0 Å². The van der Waals surface area contributed by atoms with Gasteiger partial charge < -0.3 is 10.1 Å². The van der Waals surface area contributed by atoms with Crippen LogP contribution >= 0.6 is 11.3 Å². The number of para-hydroxylation sites is 1. The van der Waals surface area contributed by atoms with Crippen LogP contribution in [0.25, 0.3) is 0 Å². The Balaban J connectivity index is 1.94. The van der Waals surface area contributed by atoms with Crippen molar-refractivity contribution in [1.82, 2.24) is 4.98 Å². The first-order valence-corrected chi connectivity index (χ1v) is 8.95. The molecule has 6 nitrogen and oxygen atoms in total. The van der Waals surface area contributed by atoms with Crippen molar-refractivity contribution in [2.75, 3.05) is 17.3 Å². The second-order valence-electron chi connectivity index (χ2n) is 6.17. The number of amides is 1. The fourth-order valence-electron chi connectivity index (χ4n) is 3.26. The predicted molar refractivity (Wildman–Crippen MR) is 98.6 cm³/mol. The Hall–Kier alpha value is -2.41. The van der Waals surface area contributed by atoms with Crippen LogP contribution in [0.2, 0.25) is 0 Å². The highest BCUT2D eigenvalue weighted by Gasteiger charge is 2.34. The number of anilines is 2. The molecule has 2 atom stereocenters. The second-order valence-corrected chi connectivity index (χ2v) is 7.17. The van der Waals surface area contributed by atoms with Crippen molar-refractivity contribution in [2.24, 2.45) is 0 Å². The van der Waals surface area contributed by atoms with Crippen LogP contribution in [0, 0.1) is 6.92 Å². The molecule has 0 aliphatic carbocycles. The molecule has 2 heterocycles. The zero-order chi connectivity index (χ0) is 18.1. The van der Waals surface area contributed by atoms with Gasteiger partial charge in [-0.05, 0) is 31.9 Å². The van der Waals surface area contributed by atoms with Crippen molar-refractivity contribution >= 4 is 34.0 Å². The van der Waals surface area contributed by atoms with Gasteiger partial charge in [0.15, 0.2) is 10.9 Å². The van der Waals surface area contributed by atoms with Gasteiger partial charge in [-0.25, -0.2) is 9.78 Å². The van der Waals surface area contributed by atoms with Gasteiger partial charge >= 0.3 is 6.09 Å². The molecule has 1 aliphatic heterocycles. The molecule has 1 N–H and O–H groups in total. The van der Waals surface area contributed by atoms with Crippen molar-refractivity contribution < 1.29 is 14.3 Å². The molecule has 1 amide bonds. The molecule has 0 spiro atoms. The molecule has 132 valence electrons. The standard InChI is InChI=1S/C18H21N3O3S/c1-10-9-14(20-17-19-11(2)16(25-17)12(3)22)13-7-5-6-8-15(13)21(10)18(23)24-4/h5-8,10,14H,9H2,1-4H3,(H,19,20). The number of nitrogens with one attached hydrogen (secondary N) is 1. The topological polar surface area (TPSA) is 71.5 Å². The fraction of sp³-hybridized carbons (Fsp3) is 0.389. The Kier molecular flexibility index (Phi) is 4.76. The minimum Gasteiger partial charge on any atom is -0.452 e. The van der Waals surface area contributed by atoms with Crippen molar-refractivity contribution in [3.63, 3.8) is 0 Å². The zero-order valence-corrected chi connectivity index (χ0v) is 15.5. The Morgan fingerprint density at radius 3 is 2.72 bits per heavy atom. The monoisotopic (exact) mass is 359 g/mol. The van der Waals surface area contributed by atoms with Gasteiger partial charge in [0, 0.05) is 13.0 Å². The van der Waals surface area contributed by atoms with E-state index in [0.717, 1.165) is 28.5 Å². The van der Waals surface area contributed by atoms with Gasteiger partial charge in [-0.1, -0.05) is 29.5 Å². The summed E-state index contributed by atoms with van der Waals surface area (Å²) in [5.74, 6) is 0.0253. The molecule has 7 heteroatoms. The number of rotatable bonds is 3. The van der Waals surface area contributed by atoms with Gasteiger partial charge in [0.05, 0.1) is 29.4 Å². The number of methoxy groups -OCH3 is 1. The number of benzene rings is 1. The summed E-state index contributed by atoms with van der Waals surface area (Å²) in [6, 6.07) is 7.77. The summed E-state index contributed by atoms with van der Waals surface area (Å²) >= 11 is 1.37. The maximum absolute atomic E-state index is 12.2. The van der Waals surface area contributed by atoms with Crippen LogP contribution < -0.4 is 10.2 Å². The van der Waals surface area contributed by atoms with E-state index < -0.39 is 0 Å². The summed E-state index contributed by atoms with van der Waals surface area (Å²) in [5, 5.41) is 4.16. The van der Waals surface area contributed by atoms with E-state index in [1.165, 1.54) is 18.4 Å². The number of thiazole rings is 1. The molecule has 1 aromatic carbocycles. The van der Waals surface area contributed by atoms with Gasteiger partial charge in [-0.2, -0.15) is 0 Å². The lowest BCUT2D eigenvalue weighted by Gasteiger charge is -2.38. The van der Waals surface area contributed by atoms with Crippen LogP contribution in [-0.2, 0) is 4.74 Å². The average Bonchev–Trinajstić information content (AvgIpc) is 2.95. The van der Waals surface area contributed by atoms with Crippen molar-refractivity contribution in [2.45, 2.75) is 39.3 Å². The SMILES string of the molecule is COC(=O)N1c2ccccc2C(Nc2nc(C)c(C(C)=O)s2)CC1C. The number of carbonyl (C=O) groups excluding carboxylic acids is 2. The summed E-state index contributed by atoms with van der Waals surface area (Å²) in [4.78, 5) is 30.7. The molecule has 2 aromatic rings. The number of carbonyl (C=O) groups is 2. The molecule has 2 unspecified atom stereocenters. The molecule has 0 radical (unpaired) electrons. The van der Waals surface area contributed by atoms with Crippen molar-refractivity contribution in [3.05, 3.63) is 40.4 Å². The number of aromatic nitrogens is 1. The number of ketones is 1. The zero-order valence-electron chi connectivity index (χ0n) is 14.7. The van der Waals surface area contributed by atoms with Crippen LogP contribution in [0.15, 0.2) is 24.3 Å². The van der Waals surface area contributed by atoms with E-state index in [4.69, 9.17) is 4.74 Å². The number of nitrogens with zero attached hydrogens (tertiary/aromatic N) is 2. The Morgan fingerprint density at radius 2 is 2.08 bits per heavy atom. The Morgan fingerprint density at radius 1 is 1.36 bits per heavy atom. The molecule has 1 aromatic heterocycles. The van der Waals surface area contributed by atoms with Crippen LogP contribution in [-0.4, -0.2) is 30.0 Å². The summed E-state index contributed by atoms with van der Waals surface area (Å²) in [7, 11) is 1.39. The number of aryl methyl sites for hydroxylation is 1. The molecular formula is C18H21N3O3S. The van der Waals surface area contributed by atoms with Gasteiger partial charge in [0.25, 0.3) is 0 Å². The minimum atomic E-state index is -0.359. The first-order valence-electron chi connectivity index (χ1n) is 8.13. The van der Waals surface area contributed by atoms with Crippen molar-refractivity contribution in [3.8, 4) is 0 Å². The van der Waals surface area contributed by atoms with Crippen LogP contribution in [0.4, 0.5) is 15.6 Å². The molecule has 0 bridgehead atoms.